The van der Waals surface area contributed by atoms with Gasteiger partial charge in [0.15, 0.2) is 0 Å². The summed E-state index contributed by atoms with van der Waals surface area (Å²) in [5.74, 6) is -4.78. The Morgan fingerprint density at radius 1 is 1.04 bits per heavy atom. The molecule has 0 bridgehead atoms. The zero-order valence-corrected chi connectivity index (χ0v) is 12.4. The van der Waals surface area contributed by atoms with Crippen LogP contribution in [0.3, 0.4) is 0 Å². The summed E-state index contributed by atoms with van der Waals surface area (Å²) in [4.78, 5) is 9.85. The van der Waals surface area contributed by atoms with E-state index in [4.69, 9.17) is 5.11 Å². The minimum Gasteiger partial charge on any atom is -0.478 e. The Kier molecular flexibility index (Phi) is 4.33. The molecule has 0 unspecified atom stereocenters. The number of aromatic carboxylic acids is 1. The summed E-state index contributed by atoms with van der Waals surface area (Å²) in [6.45, 7) is 1.25. The van der Waals surface area contributed by atoms with Crippen LogP contribution in [0.2, 0.25) is 0 Å². The number of benzene rings is 2. The van der Waals surface area contributed by atoms with Crippen molar-refractivity contribution in [1.29, 1.82) is 0 Å². The Morgan fingerprint density at radius 3 is 2.26 bits per heavy atom. The highest BCUT2D eigenvalue weighted by atomic mass is 32.2. The number of anilines is 1. The summed E-state index contributed by atoms with van der Waals surface area (Å²) >= 11 is 0. The Bertz CT molecular complexity index is 897. The number of carbonyl (C=O) groups is 1. The predicted molar refractivity (Wildman–Crippen MR) is 75.3 cm³/mol. The van der Waals surface area contributed by atoms with Crippen molar-refractivity contribution in [3.8, 4) is 0 Å². The summed E-state index contributed by atoms with van der Waals surface area (Å²) in [6.07, 6.45) is 0. The van der Waals surface area contributed by atoms with Crippen LogP contribution in [0.25, 0.3) is 0 Å². The zero-order valence-electron chi connectivity index (χ0n) is 11.6. The van der Waals surface area contributed by atoms with Crippen LogP contribution in [0.1, 0.15) is 15.9 Å². The molecule has 2 aromatic carbocycles. The van der Waals surface area contributed by atoms with Crippen molar-refractivity contribution in [3.05, 3.63) is 58.9 Å². The average Bonchev–Trinajstić information content (AvgIpc) is 2.44. The summed E-state index contributed by atoms with van der Waals surface area (Å²) in [7, 11) is -4.52. The summed E-state index contributed by atoms with van der Waals surface area (Å²) < 4.78 is 66.6. The van der Waals surface area contributed by atoms with E-state index in [1.165, 1.54) is 6.92 Å². The lowest BCUT2D eigenvalue weighted by molar-refractivity contribution is 0.0696. The van der Waals surface area contributed by atoms with E-state index in [1.807, 2.05) is 0 Å². The number of nitrogens with one attached hydrogen (secondary N) is 1. The van der Waals surface area contributed by atoms with E-state index >= 15 is 0 Å². The third-order valence-corrected chi connectivity index (χ3v) is 4.34. The van der Waals surface area contributed by atoms with Gasteiger partial charge < -0.3 is 5.11 Å². The van der Waals surface area contributed by atoms with Crippen molar-refractivity contribution >= 4 is 21.7 Å². The number of halogens is 3. The minimum absolute atomic E-state index is 0.103. The van der Waals surface area contributed by atoms with Crippen molar-refractivity contribution in [3.63, 3.8) is 0 Å². The van der Waals surface area contributed by atoms with E-state index in [-0.39, 0.29) is 11.1 Å². The quantitative estimate of drug-likeness (QED) is 0.892. The first-order chi connectivity index (χ1) is 10.6. The number of carboxylic acid groups (broad SMARTS) is 1. The monoisotopic (exact) mass is 345 g/mol. The van der Waals surface area contributed by atoms with E-state index in [0.29, 0.717) is 12.1 Å². The van der Waals surface area contributed by atoms with Gasteiger partial charge in [-0.3, -0.25) is 4.72 Å². The molecule has 0 aliphatic carbocycles. The van der Waals surface area contributed by atoms with Gasteiger partial charge in [-0.2, -0.15) is 0 Å². The third kappa shape index (κ3) is 3.45. The van der Waals surface area contributed by atoms with E-state index in [0.717, 1.165) is 18.2 Å². The van der Waals surface area contributed by atoms with Crippen LogP contribution in [-0.2, 0) is 10.0 Å². The van der Waals surface area contributed by atoms with Gasteiger partial charge in [0.05, 0.1) is 11.3 Å². The van der Waals surface area contributed by atoms with Crippen LogP contribution < -0.4 is 4.72 Å². The van der Waals surface area contributed by atoms with Crippen LogP contribution in [0, 0.1) is 24.4 Å². The average molecular weight is 345 g/mol. The van der Waals surface area contributed by atoms with Gasteiger partial charge in [-0.25, -0.2) is 26.4 Å². The highest BCUT2D eigenvalue weighted by Crippen LogP contribution is 2.24. The molecule has 0 radical (unpaired) electrons. The molecule has 0 atom stereocenters. The zero-order chi connectivity index (χ0) is 17.4. The molecule has 0 spiro atoms. The topological polar surface area (TPSA) is 83.5 Å². The van der Waals surface area contributed by atoms with Crippen LogP contribution in [0.15, 0.2) is 35.2 Å². The fourth-order valence-corrected chi connectivity index (χ4v) is 2.98. The van der Waals surface area contributed by atoms with Crippen LogP contribution >= 0.6 is 0 Å². The van der Waals surface area contributed by atoms with Crippen LogP contribution in [0.5, 0.6) is 0 Å². The predicted octanol–water partition coefficient (Wildman–Crippen LogP) is 2.91. The molecule has 0 saturated carbocycles. The van der Waals surface area contributed by atoms with Gasteiger partial charge in [0.1, 0.15) is 22.3 Å². The first-order valence-electron chi connectivity index (χ1n) is 6.13. The van der Waals surface area contributed by atoms with Crippen molar-refractivity contribution in [2.75, 3.05) is 4.72 Å². The first-order valence-corrected chi connectivity index (χ1v) is 7.61. The summed E-state index contributed by atoms with van der Waals surface area (Å²) in [6, 6.07) is 3.68. The van der Waals surface area contributed by atoms with Crippen molar-refractivity contribution in [1.82, 2.24) is 0 Å². The molecule has 0 saturated heterocycles. The van der Waals surface area contributed by atoms with Gasteiger partial charge in [0.2, 0.25) is 0 Å². The number of hydrogen-bond acceptors (Lipinski definition) is 3. The lowest BCUT2D eigenvalue weighted by Gasteiger charge is -2.11. The molecule has 122 valence electrons. The maximum atomic E-state index is 13.8. The van der Waals surface area contributed by atoms with Gasteiger partial charge in [-0.1, -0.05) is 0 Å². The molecule has 0 heterocycles. The Morgan fingerprint density at radius 2 is 1.70 bits per heavy atom. The number of hydrogen-bond donors (Lipinski definition) is 2. The van der Waals surface area contributed by atoms with Crippen molar-refractivity contribution < 1.29 is 31.5 Å². The summed E-state index contributed by atoms with van der Waals surface area (Å²) in [5, 5.41) is 8.71. The standard InChI is InChI=1S/C14H10F3NO4S/c1-7-4-13(11(17)6-9(7)15)23(21,22)18-12-3-2-8(14(19)20)5-10(12)16/h2-6,18H,1H3,(H,19,20). The molecule has 0 aliphatic rings. The first kappa shape index (κ1) is 16.8. The van der Waals surface area contributed by atoms with E-state index in [9.17, 15) is 26.4 Å². The number of rotatable bonds is 4. The Hall–Kier alpha value is -2.55. The van der Waals surface area contributed by atoms with Crippen LogP contribution in [-0.4, -0.2) is 19.5 Å². The van der Waals surface area contributed by atoms with Gasteiger partial charge in [0, 0.05) is 6.07 Å². The lowest BCUT2D eigenvalue weighted by Crippen LogP contribution is -2.16. The summed E-state index contributed by atoms with van der Waals surface area (Å²) in [5.41, 5.74) is -1.04. The second kappa shape index (κ2) is 5.92. The van der Waals surface area contributed by atoms with Gasteiger partial charge >= 0.3 is 5.97 Å². The minimum atomic E-state index is -4.52. The molecule has 2 aromatic rings. The van der Waals surface area contributed by atoms with Gasteiger partial charge in [-0.05, 0) is 36.8 Å². The number of carboxylic acids is 1. The Labute approximate surface area is 129 Å². The fourth-order valence-electron chi connectivity index (χ4n) is 1.77. The highest BCUT2D eigenvalue weighted by Gasteiger charge is 2.22. The third-order valence-electron chi connectivity index (χ3n) is 2.96. The second-order valence-electron chi connectivity index (χ2n) is 4.64. The number of sulfonamides is 1. The normalized spacial score (nSPS) is 11.3. The lowest BCUT2D eigenvalue weighted by atomic mass is 10.2. The van der Waals surface area contributed by atoms with E-state index in [2.05, 4.69) is 0 Å². The van der Waals surface area contributed by atoms with Gasteiger partial charge in [0.25, 0.3) is 10.0 Å². The maximum absolute atomic E-state index is 13.8. The molecular formula is C14H10F3NO4S. The van der Waals surface area contributed by atoms with Crippen molar-refractivity contribution in [2.24, 2.45) is 0 Å². The second-order valence-corrected chi connectivity index (χ2v) is 6.29. The smallest absolute Gasteiger partial charge is 0.335 e. The van der Waals surface area contributed by atoms with Crippen molar-refractivity contribution in [2.45, 2.75) is 11.8 Å². The highest BCUT2D eigenvalue weighted by molar-refractivity contribution is 7.92. The molecular weight excluding hydrogens is 335 g/mol. The molecule has 0 aromatic heterocycles. The molecule has 2 N–H and O–H groups in total. The van der Waals surface area contributed by atoms with Crippen LogP contribution in [0.4, 0.5) is 18.9 Å². The molecule has 0 amide bonds. The largest absolute Gasteiger partial charge is 0.478 e. The molecule has 23 heavy (non-hydrogen) atoms. The molecule has 9 heteroatoms. The molecule has 0 aliphatic heterocycles. The maximum Gasteiger partial charge on any atom is 0.335 e. The fraction of sp³-hybridized carbons (Fsp3) is 0.0714. The Balaban J connectivity index is 2.43. The van der Waals surface area contributed by atoms with E-state index < -0.39 is 44.0 Å². The SMILES string of the molecule is Cc1cc(S(=O)(=O)Nc2ccc(C(=O)O)cc2F)c(F)cc1F. The number of aryl methyl sites for hydroxylation is 1. The van der Waals surface area contributed by atoms with Gasteiger partial charge in [-0.15, -0.1) is 0 Å². The molecule has 0 fully saturated rings. The molecule has 5 nitrogen and oxygen atoms in total. The van der Waals surface area contributed by atoms with E-state index in [1.54, 1.807) is 4.72 Å². The molecule has 2 rings (SSSR count).